The number of carbonyl (C=O) groups is 3. The molecule has 3 aromatic carbocycles. The Bertz CT molecular complexity index is 1380. The number of likely N-dealkylation sites (tertiary alicyclic amines) is 1. The average Bonchev–Trinajstić information content (AvgIpc) is 3.17. The van der Waals surface area contributed by atoms with E-state index in [1.54, 1.807) is 54.6 Å². The van der Waals surface area contributed by atoms with Crippen LogP contribution in [0, 0.1) is 0 Å². The maximum atomic E-state index is 13.3. The highest BCUT2D eigenvalue weighted by Crippen LogP contribution is 2.42. The van der Waals surface area contributed by atoms with Crippen molar-refractivity contribution in [2.75, 3.05) is 21.3 Å². The van der Waals surface area contributed by atoms with Gasteiger partial charge in [-0.3, -0.25) is 9.59 Å². The van der Waals surface area contributed by atoms with Gasteiger partial charge in [0.05, 0.1) is 43.5 Å². The first kappa shape index (κ1) is 25.8. The molecule has 1 heterocycles. The van der Waals surface area contributed by atoms with E-state index in [4.69, 9.17) is 25.8 Å². The molecule has 1 fully saturated rings. The average molecular weight is 522 g/mol. The molecule has 9 heteroatoms. The second-order valence-corrected chi connectivity index (χ2v) is 8.64. The van der Waals surface area contributed by atoms with Crippen molar-refractivity contribution in [2.45, 2.75) is 12.6 Å². The van der Waals surface area contributed by atoms with Gasteiger partial charge in [0.2, 0.25) is 0 Å². The number of carbonyl (C=O) groups excluding carboxylic acids is 3. The van der Waals surface area contributed by atoms with Crippen LogP contribution < -0.4 is 9.47 Å². The number of methoxy groups -OCH3 is 3. The molecule has 190 valence electrons. The number of rotatable bonds is 7. The first-order valence-electron chi connectivity index (χ1n) is 11.2. The summed E-state index contributed by atoms with van der Waals surface area (Å²) in [6.45, 7) is 0.0470. The first-order valence-corrected chi connectivity index (χ1v) is 11.6. The molecule has 8 nitrogen and oxygen atoms in total. The Morgan fingerprint density at radius 2 is 1.54 bits per heavy atom. The van der Waals surface area contributed by atoms with E-state index in [-0.39, 0.29) is 22.7 Å². The molecule has 3 aromatic rings. The number of aliphatic hydroxyl groups is 1. The molecule has 1 amide bonds. The summed E-state index contributed by atoms with van der Waals surface area (Å²) in [5.74, 6) is -1.50. The van der Waals surface area contributed by atoms with Crippen LogP contribution >= 0.6 is 11.6 Å². The Morgan fingerprint density at radius 3 is 2.14 bits per heavy atom. The third-order valence-electron chi connectivity index (χ3n) is 6.13. The standard InChI is InChI=1S/C28H24ClNO7/c1-35-19-10-8-17(9-11-19)24-23(25(31)21-14-20(36-2)12-13-22(21)29)26(32)27(33)30(24)15-16-4-6-18(7-5-16)28(34)37-3/h4-14,24,31H,15H2,1-3H3/b25-23+. The van der Waals surface area contributed by atoms with Gasteiger partial charge in [-0.15, -0.1) is 0 Å². The van der Waals surface area contributed by atoms with Crippen molar-refractivity contribution in [1.29, 1.82) is 0 Å². The highest BCUT2D eigenvalue weighted by molar-refractivity contribution is 6.47. The van der Waals surface area contributed by atoms with E-state index < -0.39 is 29.5 Å². The fourth-order valence-corrected chi connectivity index (χ4v) is 4.40. The summed E-state index contributed by atoms with van der Waals surface area (Å²) in [7, 11) is 4.29. The molecule has 4 rings (SSSR count). The first-order chi connectivity index (χ1) is 17.8. The van der Waals surface area contributed by atoms with Crippen molar-refractivity contribution in [1.82, 2.24) is 4.90 Å². The Labute approximate surface area is 218 Å². The Balaban J connectivity index is 1.83. The summed E-state index contributed by atoms with van der Waals surface area (Å²) in [5.41, 5.74) is 1.68. The van der Waals surface area contributed by atoms with E-state index in [9.17, 15) is 19.5 Å². The fourth-order valence-electron chi connectivity index (χ4n) is 4.19. The quantitative estimate of drug-likeness (QED) is 0.207. The van der Waals surface area contributed by atoms with Crippen LogP contribution in [0.1, 0.15) is 33.1 Å². The minimum Gasteiger partial charge on any atom is -0.507 e. The number of halogens is 1. The largest absolute Gasteiger partial charge is 0.507 e. The van der Waals surface area contributed by atoms with Crippen LogP contribution in [0.2, 0.25) is 5.02 Å². The number of Topliss-reactive ketones (excluding diaryl/α,β-unsaturated/α-hetero) is 1. The van der Waals surface area contributed by atoms with E-state index in [0.717, 1.165) is 0 Å². The third-order valence-corrected chi connectivity index (χ3v) is 6.46. The molecule has 1 aliphatic rings. The molecule has 0 bridgehead atoms. The Hall–Kier alpha value is -4.30. The smallest absolute Gasteiger partial charge is 0.337 e. The van der Waals surface area contributed by atoms with Crippen molar-refractivity contribution in [2.24, 2.45) is 0 Å². The second-order valence-electron chi connectivity index (χ2n) is 8.23. The molecule has 1 saturated heterocycles. The van der Waals surface area contributed by atoms with E-state index in [0.29, 0.717) is 28.2 Å². The second kappa shape index (κ2) is 10.8. The summed E-state index contributed by atoms with van der Waals surface area (Å²) in [4.78, 5) is 39.7. The maximum Gasteiger partial charge on any atom is 0.337 e. The number of hydrogen-bond donors (Lipinski definition) is 1. The van der Waals surface area contributed by atoms with Gasteiger partial charge in [0.25, 0.3) is 11.7 Å². The lowest BCUT2D eigenvalue weighted by molar-refractivity contribution is -0.140. The highest BCUT2D eigenvalue weighted by Gasteiger charge is 2.46. The molecule has 1 N–H and O–H groups in total. The van der Waals surface area contributed by atoms with Crippen molar-refractivity contribution in [3.63, 3.8) is 0 Å². The van der Waals surface area contributed by atoms with Crippen molar-refractivity contribution in [3.8, 4) is 11.5 Å². The van der Waals surface area contributed by atoms with Gasteiger partial charge in [-0.25, -0.2) is 4.79 Å². The van der Waals surface area contributed by atoms with Gasteiger partial charge in [0.1, 0.15) is 17.3 Å². The van der Waals surface area contributed by atoms with Crippen molar-refractivity contribution < 1.29 is 33.7 Å². The number of benzene rings is 3. The number of amides is 1. The van der Waals surface area contributed by atoms with Crippen molar-refractivity contribution in [3.05, 3.63) is 99.6 Å². The molecule has 1 aliphatic heterocycles. The maximum absolute atomic E-state index is 13.3. The zero-order chi connectivity index (χ0) is 26.7. The third kappa shape index (κ3) is 5.01. The van der Waals surface area contributed by atoms with Gasteiger partial charge in [-0.05, 0) is 53.6 Å². The molecule has 0 radical (unpaired) electrons. The predicted molar refractivity (Wildman–Crippen MR) is 137 cm³/mol. The van der Waals surface area contributed by atoms with Gasteiger partial charge in [0.15, 0.2) is 0 Å². The van der Waals surface area contributed by atoms with E-state index >= 15 is 0 Å². The Morgan fingerprint density at radius 1 is 0.919 bits per heavy atom. The van der Waals surface area contributed by atoms with E-state index in [1.807, 2.05) is 0 Å². The predicted octanol–water partition coefficient (Wildman–Crippen LogP) is 4.77. The number of nitrogens with zero attached hydrogens (tertiary/aromatic N) is 1. The van der Waals surface area contributed by atoms with Crippen LogP contribution in [0.5, 0.6) is 11.5 Å². The highest BCUT2D eigenvalue weighted by atomic mass is 35.5. The molecule has 1 unspecified atom stereocenters. The fraction of sp³-hybridized carbons (Fsp3) is 0.179. The van der Waals surface area contributed by atoms with Crippen molar-refractivity contribution >= 4 is 35.0 Å². The zero-order valence-electron chi connectivity index (χ0n) is 20.4. The van der Waals surface area contributed by atoms with Crippen LogP contribution in [0.15, 0.2) is 72.3 Å². The van der Waals surface area contributed by atoms with Crippen LogP contribution in [0.4, 0.5) is 0 Å². The topological polar surface area (TPSA) is 102 Å². The van der Waals surface area contributed by atoms with Gasteiger partial charge < -0.3 is 24.2 Å². The monoisotopic (exact) mass is 521 g/mol. The van der Waals surface area contributed by atoms with E-state index in [2.05, 4.69) is 0 Å². The van der Waals surface area contributed by atoms with Gasteiger partial charge >= 0.3 is 5.97 Å². The molecular weight excluding hydrogens is 498 g/mol. The van der Waals surface area contributed by atoms with Gasteiger partial charge in [0, 0.05) is 12.1 Å². The molecule has 0 aliphatic carbocycles. The molecular formula is C28H24ClNO7. The minimum absolute atomic E-state index is 0.0470. The SMILES string of the molecule is COC(=O)c1ccc(CN2C(=O)C(=O)/C(=C(/O)c3cc(OC)ccc3Cl)C2c2ccc(OC)cc2)cc1. The number of ketones is 1. The summed E-state index contributed by atoms with van der Waals surface area (Å²) >= 11 is 6.35. The van der Waals surface area contributed by atoms with Crippen LogP contribution in [-0.4, -0.2) is 49.0 Å². The molecule has 37 heavy (non-hydrogen) atoms. The lowest BCUT2D eigenvalue weighted by Gasteiger charge is -2.25. The Kier molecular flexibility index (Phi) is 7.50. The normalized spacial score (nSPS) is 16.5. The summed E-state index contributed by atoms with van der Waals surface area (Å²) in [5, 5.41) is 11.5. The van der Waals surface area contributed by atoms with Gasteiger partial charge in [-0.2, -0.15) is 0 Å². The van der Waals surface area contributed by atoms with Crippen LogP contribution in [-0.2, 0) is 20.9 Å². The molecule has 1 atom stereocenters. The number of ether oxygens (including phenoxy) is 3. The molecule has 0 aromatic heterocycles. The summed E-state index contributed by atoms with van der Waals surface area (Å²) < 4.78 is 15.2. The van der Waals surface area contributed by atoms with E-state index in [1.165, 1.54) is 38.4 Å². The van der Waals surface area contributed by atoms with Crippen LogP contribution in [0.3, 0.4) is 0 Å². The lowest BCUT2D eigenvalue weighted by Crippen LogP contribution is -2.29. The number of hydrogen-bond acceptors (Lipinski definition) is 7. The lowest BCUT2D eigenvalue weighted by atomic mass is 9.95. The van der Waals surface area contributed by atoms with Crippen LogP contribution in [0.25, 0.3) is 5.76 Å². The number of aliphatic hydroxyl groups excluding tert-OH is 1. The number of esters is 1. The zero-order valence-corrected chi connectivity index (χ0v) is 21.1. The van der Waals surface area contributed by atoms with Gasteiger partial charge in [-0.1, -0.05) is 35.9 Å². The summed E-state index contributed by atoms with van der Waals surface area (Å²) in [6, 6.07) is 17.1. The summed E-state index contributed by atoms with van der Waals surface area (Å²) in [6.07, 6.45) is 0. The molecule has 0 saturated carbocycles. The molecule has 0 spiro atoms. The minimum atomic E-state index is -0.909.